The van der Waals surface area contributed by atoms with Crippen molar-refractivity contribution in [2.24, 2.45) is 0 Å². The van der Waals surface area contributed by atoms with Crippen molar-refractivity contribution < 1.29 is 20.3 Å². The smallest absolute Gasteiger partial charge is 1.00 e. The zero-order chi connectivity index (χ0) is 7.71. The first-order valence-corrected chi connectivity index (χ1v) is 3.50. The maximum atomic E-state index is 3.46. The molecule has 0 spiro atoms. The van der Waals surface area contributed by atoms with Crippen LogP contribution in [0, 0.1) is 0 Å². The van der Waals surface area contributed by atoms with Gasteiger partial charge in [0.2, 0.25) is 0 Å². The van der Waals surface area contributed by atoms with Crippen molar-refractivity contribution in [3.8, 4) is 0 Å². The molecule has 0 aliphatic rings. The van der Waals surface area contributed by atoms with Crippen LogP contribution in [0.3, 0.4) is 0 Å². The SMILES string of the molecule is CC(C)(C)NC(C)(C)C.[H-].[Li+]. The molecule has 0 amide bonds. The van der Waals surface area contributed by atoms with Crippen LogP contribution in [0.25, 0.3) is 0 Å². The van der Waals surface area contributed by atoms with E-state index in [0.717, 1.165) is 0 Å². The van der Waals surface area contributed by atoms with Crippen molar-refractivity contribution in [2.75, 3.05) is 0 Å². The van der Waals surface area contributed by atoms with Crippen LogP contribution in [0.15, 0.2) is 0 Å². The van der Waals surface area contributed by atoms with Crippen LogP contribution in [-0.2, 0) is 0 Å². The van der Waals surface area contributed by atoms with Gasteiger partial charge in [-0.1, -0.05) is 0 Å². The standard InChI is InChI=1S/C8H19N.Li.H/c1-7(2,3)9-8(4,5)6;;/h9H,1-6H3;;/q;+1;-1. The Balaban J connectivity index is -0.000000320. The van der Waals surface area contributed by atoms with Gasteiger partial charge in [-0.2, -0.15) is 0 Å². The van der Waals surface area contributed by atoms with E-state index in [-0.39, 0.29) is 31.4 Å². The summed E-state index contributed by atoms with van der Waals surface area (Å²) in [5.74, 6) is 0. The molecule has 0 radical (unpaired) electrons. The molecule has 0 rings (SSSR count). The van der Waals surface area contributed by atoms with E-state index in [1.807, 2.05) is 0 Å². The van der Waals surface area contributed by atoms with Gasteiger partial charge in [0.1, 0.15) is 0 Å². The summed E-state index contributed by atoms with van der Waals surface area (Å²) in [5.41, 5.74) is 0.469. The molecule has 2 heteroatoms. The molecule has 0 saturated heterocycles. The van der Waals surface area contributed by atoms with E-state index in [1.54, 1.807) is 0 Å². The van der Waals surface area contributed by atoms with Crippen molar-refractivity contribution in [1.82, 2.24) is 5.32 Å². The zero-order valence-electron chi connectivity index (χ0n) is 9.50. The molecular weight excluding hydrogens is 117 g/mol. The van der Waals surface area contributed by atoms with Crippen molar-refractivity contribution in [2.45, 2.75) is 52.6 Å². The first-order chi connectivity index (χ1) is 3.71. The van der Waals surface area contributed by atoms with Gasteiger partial charge in [-0.05, 0) is 41.5 Å². The van der Waals surface area contributed by atoms with Gasteiger partial charge in [0.25, 0.3) is 0 Å². The summed E-state index contributed by atoms with van der Waals surface area (Å²) in [4.78, 5) is 0. The van der Waals surface area contributed by atoms with E-state index in [4.69, 9.17) is 0 Å². The summed E-state index contributed by atoms with van der Waals surface area (Å²) in [7, 11) is 0. The second-order valence-corrected chi connectivity index (χ2v) is 4.62. The second kappa shape index (κ2) is 3.81. The van der Waals surface area contributed by atoms with Crippen LogP contribution in [0.5, 0.6) is 0 Å². The summed E-state index contributed by atoms with van der Waals surface area (Å²) in [6.45, 7) is 13.1. The van der Waals surface area contributed by atoms with E-state index in [9.17, 15) is 0 Å². The Bertz CT molecular complexity index is 79.2. The molecule has 0 aliphatic heterocycles. The number of hydrogen-bond acceptors (Lipinski definition) is 1. The van der Waals surface area contributed by atoms with Gasteiger partial charge in [-0.15, -0.1) is 0 Å². The fraction of sp³-hybridized carbons (Fsp3) is 1.00. The molecular formula is C8H20LiN. The van der Waals surface area contributed by atoms with E-state index >= 15 is 0 Å². The topological polar surface area (TPSA) is 12.0 Å². The first-order valence-electron chi connectivity index (χ1n) is 3.50. The monoisotopic (exact) mass is 137 g/mol. The number of rotatable bonds is 0. The molecule has 0 atom stereocenters. The van der Waals surface area contributed by atoms with E-state index in [1.165, 1.54) is 0 Å². The molecule has 1 N–H and O–H groups in total. The minimum Gasteiger partial charge on any atom is -1.00 e. The quantitative estimate of drug-likeness (QED) is 0.435. The summed E-state index contributed by atoms with van der Waals surface area (Å²) >= 11 is 0. The van der Waals surface area contributed by atoms with Gasteiger partial charge in [0.15, 0.2) is 0 Å². The largest absolute Gasteiger partial charge is 1.00 e. The molecule has 0 unspecified atom stereocenters. The van der Waals surface area contributed by atoms with Gasteiger partial charge in [-0.3, -0.25) is 0 Å². The molecule has 0 fully saturated rings. The molecule has 10 heavy (non-hydrogen) atoms. The Hall–Kier alpha value is 0.557. The Kier molecular flexibility index (Phi) is 5.01. The van der Waals surface area contributed by atoms with Crippen LogP contribution in [0.2, 0.25) is 0 Å². The predicted molar refractivity (Wildman–Crippen MR) is 43.8 cm³/mol. The summed E-state index contributed by atoms with van der Waals surface area (Å²) in [6, 6.07) is 0. The maximum Gasteiger partial charge on any atom is 1.00 e. The maximum absolute atomic E-state index is 3.46. The van der Waals surface area contributed by atoms with Crippen molar-refractivity contribution in [3.05, 3.63) is 0 Å². The van der Waals surface area contributed by atoms with Crippen molar-refractivity contribution in [3.63, 3.8) is 0 Å². The van der Waals surface area contributed by atoms with Crippen LogP contribution < -0.4 is 24.2 Å². The minimum atomic E-state index is 0. The Morgan fingerprint density at radius 2 is 1.00 bits per heavy atom. The molecule has 0 aliphatic carbocycles. The minimum absolute atomic E-state index is 0. The first kappa shape index (κ1) is 13.2. The zero-order valence-corrected chi connectivity index (χ0v) is 8.50. The van der Waals surface area contributed by atoms with Gasteiger partial charge >= 0.3 is 18.9 Å². The van der Waals surface area contributed by atoms with Gasteiger partial charge < -0.3 is 6.74 Å². The van der Waals surface area contributed by atoms with Crippen LogP contribution in [0.4, 0.5) is 0 Å². The third-order valence-corrected chi connectivity index (χ3v) is 0.750. The molecule has 58 valence electrons. The van der Waals surface area contributed by atoms with Crippen LogP contribution in [-0.4, -0.2) is 11.1 Å². The average molecular weight is 137 g/mol. The van der Waals surface area contributed by atoms with Gasteiger partial charge in [-0.25, -0.2) is 0 Å². The molecule has 0 saturated carbocycles. The molecule has 1 nitrogen and oxygen atoms in total. The summed E-state index contributed by atoms with van der Waals surface area (Å²) in [6.07, 6.45) is 0. The Morgan fingerprint density at radius 3 is 1.00 bits per heavy atom. The number of hydrogen-bond donors (Lipinski definition) is 1. The number of nitrogens with one attached hydrogen (secondary N) is 1. The predicted octanol–water partition coefficient (Wildman–Crippen LogP) is -0.710. The molecule has 0 bridgehead atoms. The second-order valence-electron chi connectivity index (χ2n) is 4.62. The molecule has 0 aromatic rings. The summed E-state index contributed by atoms with van der Waals surface area (Å²) in [5, 5.41) is 3.46. The van der Waals surface area contributed by atoms with E-state index in [2.05, 4.69) is 46.9 Å². The Labute approximate surface area is 78.6 Å². The van der Waals surface area contributed by atoms with Crippen LogP contribution in [0.1, 0.15) is 43.0 Å². The fourth-order valence-electron chi connectivity index (χ4n) is 1.12. The van der Waals surface area contributed by atoms with E-state index < -0.39 is 0 Å². The van der Waals surface area contributed by atoms with Gasteiger partial charge in [0.05, 0.1) is 0 Å². The van der Waals surface area contributed by atoms with Crippen LogP contribution >= 0.6 is 0 Å². The molecule has 0 heterocycles. The normalized spacial score (nSPS) is 12.6. The van der Waals surface area contributed by atoms with Crippen molar-refractivity contribution >= 4 is 0 Å². The van der Waals surface area contributed by atoms with Gasteiger partial charge in [0, 0.05) is 11.1 Å². The molecule has 0 aromatic heterocycles. The third-order valence-electron chi connectivity index (χ3n) is 0.750. The third kappa shape index (κ3) is 11.4. The van der Waals surface area contributed by atoms with E-state index in [0.29, 0.717) is 0 Å². The average Bonchev–Trinajstić information content (AvgIpc) is 1.14. The fourth-order valence-corrected chi connectivity index (χ4v) is 1.12. The summed E-state index contributed by atoms with van der Waals surface area (Å²) < 4.78 is 0. The Morgan fingerprint density at radius 1 is 0.800 bits per heavy atom. The molecule has 0 aromatic carbocycles. The van der Waals surface area contributed by atoms with Crippen molar-refractivity contribution in [1.29, 1.82) is 0 Å².